The van der Waals surface area contributed by atoms with Crippen molar-refractivity contribution < 1.29 is 0 Å². The van der Waals surface area contributed by atoms with Crippen molar-refractivity contribution in [3.8, 4) is 11.9 Å². The molecule has 3 heterocycles. The summed E-state index contributed by atoms with van der Waals surface area (Å²) in [6.45, 7) is 1.40. The van der Waals surface area contributed by atoms with Crippen molar-refractivity contribution in [1.29, 1.82) is 5.26 Å². The van der Waals surface area contributed by atoms with Crippen LogP contribution in [-0.2, 0) is 6.54 Å². The number of nitrogens with one attached hydrogen (secondary N) is 2. The van der Waals surface area contributed by atoms with Gasteiger partial charge in [0.15, 0.2) is 5.82 Å². The topological polar surface area (TPSA) is 99.4 Å². The summed E-state index contributed by atoms with van der Waals surface area (Å²) in [6, 6.07) is 13.7. The Labute approximate surface area is 167 Å². The van der Waals surface area contributed by atoms with E-state index in [0.717, 1.165) is 21.9 Å². The van der Waals surface area contributed by atoms with Crippen molar-refractivity contribution in [2.75, 3.05) is 6.54 Å². The summed E-state index contributed by atoms with van der Waals surface area (Å²) in [5.41, 5.74) is 2.48. The van der Waals surface area contributed by atoms with Gasteiger partial charge in [-0.25, -0.2) is 9.97 Å². The number of fused-ring (bicyclic) bond motifs is 2. The number of nitriles is 1. The third-order valence-electron chi connectivity index (χ3n) is 5.55. The zero-order valence-electron chi connectivity index (χ0n) is 15.8. The summed E-state index contributed by atoms with van der Waals surface area (Å²) < 4.78 is 1.63. The molecular weight excluding hydrogens is 364 g/mol. The standard InChI is InChI=1S/C22H20N6O/c23-10-17(15-2-3-15)12-24-11-14-1-5-19-16(9-14)4-6-20(29)28(19)22-18-7-8-25-21(18)26-13-27-22/h1,4-9,13,15,17,24H,2-3,11-12H2,(H,25,26,27). The molecule has 1 aliphatic carbocycles. The second-order valence-electron chi connectivity index (χ2n) is 7.54. The molecule has 29 heavy (non-hydrogen) atoms. The molecule has 1 fully saturated rings. The molecule has 0 bridgehead atoms. The van der Waals surface area contributed by atoms with Crippen molar-refractivity contribution in [1.82, 2.24) is 24.8 Å². The molecule has 7 heteroatoms. The van der Waals surface area contributed by atoms with Crippen LogP contribution >= 0.6 is 0 Å². The quantitative estimate of drug-likeness (QED) is 0.532. The lowest BCUT2D eigenvalue weighted by Gasteiger charge is -2.12. The van der Waals surface area contributed by atoms with Gasteiger partial charge in [-0.05, 0) is 54.0 Å². The van der Waals surface area contributed by atoms with Crippen molar-refractivity contribution in [3.05, 3.63) is 64.8 Å². The van der Waals surface area contributed by atoms with Crippen LogP contribution in [0.25, 0.3) is 27.8 Å². The highest BCUT2D eigenvalue weighted by Crippen LogP contribution is 2.36. The van der Waals surface area contributed by atoms with E-state index in [4.69, 9.17) is 0 Å². The number of rotatable bonds is 6. The number of pyridine rings is 1. The molecule has 144 valence electrons. The van der Waals surface area contributed by atoms with Gasteiger partial charge in [-0.1, -0.05) is 6.07 Å². The van der Waals surface area contributed by atoms with Crippen molar-refractivity contribution >= 4 is 21.9 Å². The largest absolute Gasteiger partial charge is 0.346 e. The highest BCUT2D eigenvalue weighted by Gasteiger charge is 2.30. The maximum Gasteiger partial charge on any atom is 0.256 e. The second-order valence-corrected chi connectivity index (χ2v) is 7.54. The molecule has 1 aromatic carbocycles. The van der Waals surface area contributed by atoms with Crippen LogP contribution in [0.15, 0.2) is 53.7 Å². The van der Waals surface area contributed by atoms with Crippen LogP contribution < -0.4 is 10.9 Å². The first kappa shape index (κ1) is 17.6. The van der Waals surface area contributed by atoms with E-state index in [-0.39, 0.29) is 11.5 Å². The van der Waals surface area contributed by atoms with Crippen LogP contribution in [0.3, 0.4) is 0 Å². The van der Waals surface area contributed by atoms with Crippen molar-refractivity contribution in [2.45, 2.75) is 19.4 Å². The molecule has 2 N–H and O–H groups in total. The lowest BCUT2D eigenvalue weighted by Crippen LogP contribution is -2.23. The first-order chi connectivity index (χ1) is 14.2. The Morgan fingerprint density at radius 2 is 2.14 bits per heavy atom. The molecule has 3 aromatic heterocycles. The van der Waals surface area contributed by atoms with Gasteiger partial charge in [0, 0.05) is 25.4 Å². The van der Waals surface area contributed by atoms with Crippen LogP contribution in [0.4, 0.5) is 0 Å². The minimum absolute atomic E-state index is 0.0992. The third kappa shape index (κ3) is 3.28. The number of aromatic nitrogens is 4. The zero-order valence-corrected chi connectivity index (χ0v) is 15.8. The minimum Gasteiger partial charge on any atom is -0.346 e. The third-order valence-corrected chi connectivity index (χ3v) is 5.55. The molecular formula is C22H20N6O. The summed E-state index contributed by atoms with van der Waals surface area (Å²) in [5, 5.41) is 14.4. The van der Waals surface area contributed by atoms with E-state index in [2.05, 4.69) is 32.4 Å². The predicted octanol–water partition coefficient (Wildman–Crippen LogP) is 2.90. The summed E-state index contributed by atoms with van der Waals surface area (Å²) in [6.07, 6.45) is 5.60. The fourth-order valence-electron chi connectivity index (χ4n) is 3.85. The monoisotopic (exact) mass is 384 g/mol. The number of benzene rings is 1. The molecule has 0 radical (unpaired) electrons. The van der Waals surface area contributed by atoms with Gasteiger partial charge in [-0.15, -0.1) is 0 Å². The Morgan fingerprint density at radius 3 is 2.97 bits per heavy atom. The summed E-state index contributed by atoms with van der Waals surface area (Å²) in [4.78, 5) is 24.3. The number of nitrogens with zero attached hydrogens (tertiary/aromatic N) is 4. The average Bonchev–Trinajstić information content (AvgIpc) is 3.46. The van der Waals surface area contributed by atoms with Gasteiger partial charge >= 0.3 is 0 Å². The van der Waals surface area contributed by atoms with Gasteiger partial charge in [-0.3, -0.25) is 9.36 Å². The van der Waals surface area contributed by atoms with Crippen molar-refractivity contribution in [3.63, 3.8) is 0 Å². The molecule has 1 aliphatic rings. The normalized spacial score (nSPS) is 14.9. The Morgan fingerprint density at radius 1 is 1.24 bits per heavy atom. The van der Waals surface area contributed by atoms with E-state index in [1.165, 1.54) is 19.2 Å². The highest BCUT2D eigenvalue weighted by molar-refractivity contribution is 5.87. The average molecular weight is 384 g/mol. The molecule has 4 aromatic rings. The zero-order chi connectivity index (χ0) is 19.8. The van der Waals surface area contributed by atoms with Crippen LogP contribution in [0.5, 0.6) is 0 Å². The molecule has 0 aliphatic heterocycles. The van der Waals surface area contributed by atoms with E-state index >= 15 is 0 Å². The molecule has 1 atom stereocenters. The lowest BCUT2D eigenvalue weighted by atomic mass is 10.1. The molecule has 1 saturated carbocycles. The van der Waals surface area contributed by atoms with Crippen molar-refractivity contribution in [2.24, 2.45) is 11.8 Å². The SMILES string of the molecule is N#CC(CNCc1ccc2c(ccc(=O)n2-c2ncnc3[nH]ccc23)c1)C1CC1. The van der Waals surface area contributed by atoms with Gasteiger partial charge in [-0.2, -0.15) is 5.26 Å². The van der Waals surface area contributed by atoms with E-state index in [9.17, 15) is 10.1 Å². The number of hydrogen-bond donors (Lipinski definition) is 2. The number of aromatic amines is 1. The lowest BCUT2D eigenvalue weighted by molar-refractivity contribution is 0.516. The Hall–Kier alpha value is -3.50. The van der Waals surface area contributed by atoms with Gasteiger partial charge in [0.2, 0.25) is 0 Å². The molecule has 1 unspecified atom stereocenters. The van der Waals surface area contributed by atoms with Gasteiger partial charge < -0.3 is 10.3 Å². The fourth-order valence-corrected chi connectivity index (χ4v) is 3.85. The fraction of sp³-hybridized carbons (Fsp3) is 0.273. The van der Waals surface area contributed by atoms with E-state index in [0.29, 0.717) is 30.5 Å². The molecule has 0 spiro atoms. The second kappa shape index (κ2) is 7.15. The summed E-state index contributed by atoms with van der Waals surface area (Å²) in [7, 11) is 0. The maximum atomic E-state index is 12.7. The molecule has 0 saturated heterocycles. The van der Waals surface area contributed by atoms with Crippen LogP contribution in [0.2, 0.25) is 0 Å². The first-order valence-electron chi connectivity index (χ1n) is 9.78. The van der Waals surface area contributed by atoms with Gasteiger partial charge in [0.1, 0.15) is 12.0 Å². The van der Waals surface area contributed by atoms with E-state index in [1.54, 1.807) is 16.8 Å². The molecule has 0 amide bonds. The van der Waals surface area contributed by atoms with Crippen LogP contribution in [0, 0.1) is 23.2 Å². The maximum absolute atomic E-state index is 12.7. The summed E-state index contributed by atoms with van der Waals surface area (Å²) >= 11 is 0. The van der Waals surface area contributed by atoms with Gasteiger partial charge in [0.25, 0.3) is 5.56 Å². The number of hydrogen-bond acceptors (Lipinski definition) is 5. The smallest absolute Gasteiger partial charge is 0.256 e. The Kier molecular flexibility index (Phi) is 4.34. The van der Waals surface area contributed by atoms with Crippen LogP contribution in [0.1, 0.15) is 18.4 Å². The van der Waals surface area contributed by atoms with Gasteiger partial charge in [0.05, 0.1) is 22.9 Å². The van der Waals surface area contributed by atoms with Crippen LogP contribution in [-0.4, -0.2) is 26.1 Å². The van der Waals surface area contributed by atoms with E-state index < -0.39 is 0 Å². The summed E-state index contributed by atoms with van der Waals surface area (Å²) in [5.74, 6) is 1.23. The first-order valence-corrected chi connectivity index (χ1v) is 9.78. The molecule has 7 nitrogen and oxygen atoms in total. The minimum atomic E-state index is -0.133. The Balaban J connectivity index is 1.47. The molecule has 5 rings (SSSR count). The van der Waals surface area contributed by atoms with E-state index in [1.807, 2.05) is 24.3 Å². The predicted molar refractivity (Wildman–Crippen MR) is 111 cm³/mol. The Bertz CT molecular complexity index is 1290. The highest BCUT2D eigenvalue weighted by atomic mass is 16.1. The number of H-pyrrole nitrogens is 1.